The van der Waals surface area contributed by atoms with Crippen LogP contribution in [-0.4, -0.2) is 17.1 Å². The number of carbonyl (C=O) groups is 1. The molecule has 0 spiro atoms. The number of rotatable bonds is 5. The molecule has 0 radical (unpaired) electrons. The fourth-order valence-electron chi connectivity index (χ4n) is 3.49. The lowest BCUT2D eigenvalue weighted by Crippen LogP contribution is -2.39. The number of aromatic nitrogens is 1. The topological polar surface area (TPSA) is 60.7 Å². The van der Waals surface area contributed by atoms with Crippen LogP contribution in [0.5, 0.6) is 0 Å². The van der Waals surface area contributed by atoms with Crippen LogP contribution in [0.4, 0.5) is 0 Å². The van der Waals surface area contributed by atoms with Gasteiger partial charge in [0.05, 0.1) is 21.8 Å². The SMILES string of the molecule is C=CCOC(=O)C1=C(C)N=c2s/c(=C\c3cccc(Cl)c3)c(=O)n2[C@H]1c1ccccc1. The molecular weight excluding hydrogens is 432 g/mol. The molecule has 7 heteroatoms. The zero-order valence-corrected chi connectivity index (χ0v) is 18.3. The number of thiazole rings is 1. The molecule has 1 aliphatic rings. The van der Waals surface area contributed by atoms with Crippen molar-refractivity contribution in [3.05, 3.63) is 114 Å². The first kappa shape index (κ1) is 21.0. The van der Waals surface area contributed by atoms with E-state index in [1.165, 1.54) is 17.4 Å². The van der Waals surface area contributed by atoms with Crippen LogP contribution < -0.4 is 14.9 Å². The maximum atomic E-state index is 13.4. The van der Waals surface area contributed by atoms with Crippen molar-refractivity contribution >= 4 is 35.0 Å². The van der Waals surface area contributed by atoms with Crippen molar-refractivity contribution in [2.75, 3.05) is 6.61 Å². The molecule has 3 aromatic rings. The van der Waals surface area contributed by atoms with Gasteiger partial charge in [0.15, 0.2) is 4.80 Å². The fourth-order valence-corrected chi connectivity index (χ4v) is 4.74. The monoisotopic (exact) mass is 450 g/mol. The van der Waals surface area contributed by atoms with Gasteiger partial charge in [-0.3, -0.25) is 9.36 Å². The lowest BCUT2D eigenvalue weighted by atomic mass is 9.96. The third-order valence-corrected chi connectivity index (χ3v) is 6.05. The molecule has 0 saturated heterocycles. The van der Waals surface area contributed by atoms with Crippen LogP contribution >= 0.6 is 22.9 Å². The summed E-state index contributed by atoms with van der Waals surface area (Å²) in [7, 11) is 0. The van der Waals surface area contributed by atoms with Gasteiger partial charge in [-0.15, -0.1) is 0 Å². The van der Waals surface area contributed by atoms with Crippen LogP contribution in [0.2, 0.25) is 5.02 Å². The largest absolute Gasteiger partial charge is 0.458 e. The lowest BCUT2D eigenvalue weighted by Gasteiger charge is -2.24. The van der Waals surface area contributed by atoms with E-state index in [-0.39, 0.29) is 12.2 Å². The van der Waals surface area contributed by atoms with Gasteiger partial charge in [-0.05, 0) is 36.3 Å². The number of allylic oxidation sites excluding steroid dienone is 1. The number of carbonyl (C=O) groups excluding carboxylic acids is 1. The fraction of sp³-hybridized carbons (Fsp3) is 0.125. The molecule has 31 heavy (non-hydrogen) atoms. The third-order valence-electron chi connectivity index (χ3n) is 4.84. The number of nitrogens with zero attached hydrogens (tertiary/aromatic N) is 2. The number of ether oxygens (including phenoxy) is 1. The van der Waals surface area contributed by atoms with Crippen molar-refractivity contribution in [1.29, 1.82) is 0 Å². The van der Waals surface area contributed by atoms with E-state index in [1.54, 1.807) is 29.7 Å². The Kier molecular flexibility index (Phi) is 6.02. The number of benzene rings is 2. The molecule has 2 heterocycles. The summed E-state index contributed by atoms with van der Waals surface area (Å²) < 4.78 is 7.39. The van der Waals surface area contributed by atoms with E-state index >= 15 is 0 Å². The number of esters is 1. The predicted molar refractivity (Wildman–Crippen MR) is 123 cm³/mol. The standard InChI is InChI=1S/C24H19ClN2O3S/c1-3-12-30-23(29)20-15(2)26-24-27(21(20)17-9-5-4-6-10-17)22(28)19(31-24)14-16-8-7-11-18(25)13-16/h3-11,13-14,21H,1,12H2,2H3/b19-14-/t21-/m0/s1. The maximum Gasteiger partial charge on any atom is 0.338 e. The smallest absolute Gasteiger partial charge is 0.338 e. The molecule has 156 valence electrons. The highest BCUT2D eigenvalue weighted by Crippen LogP contribution is 2.30. The molecule has 0 amide bonds. The molecule has 0 aliphatic carbocycles. The quantitative estimate of drug-likeness (QED) is 0.440. The van der Waals surface area contributed by atoms with Gasteiger partial charge in [-0.1, -0.05) is 78.1 Å². The summed E-state index contributed by atoms with van der Waals surface area (Å²) in [6.07, 6.45) is 3.29. The van der Waals surface area contributed by atoms with Crippen molar-refractivity contribution in [2.45, 2.75) is 13.0 Å². The first-order valence-corrected chi connectivity index (χ1v) is 10.8. The van der Waals surface area contributed by atoms with Gasteiger partial charge in [0.1, 0.15) is 6.61 Å². The van der Waals surface area contributed by atoms with Crippen LogP contribution in [0.25, 0.3) is 6.08 Å². The normalized spacial score (nSPS) is 15.9. The Morgan fingerprint density at radius 1 is 1.26 bits per heavy atom. The van der Waals surface area contributed by atoms with Gasteiger partial charge in [-0.2, -0.15) is 0 Å². The highest BCUT2D eigenvalue weighted by Gasteiger charge is 2.33. The van der Waals surface area contributed by atoms with Crippen LogP contribution in [0.3, 0.4) is 0 Å². The van der Waals surface area contributed by atoms with Crippen LogP contribution in [0, 0.1) is 0 Å². The van der Waals surface area contributed by atoms with Gasteiger partial charge in [0.25, 0.3) is 5.56 Å². The molecule has 2 aromatic carbocycles. The van der Waals surface area contributed by atoms with E-state index in [9.17, 15) is 9.59 Å². The summed E-state index contributed by atoms with van der Waals surface area (Å²) in [6, 6.07) is 16.1. The summed E-state index contributed by atoms with van der Waals surface area (Å²) in [4.78, 5) is 31.4. The third kappa shape index (κ3) is 4.17. The second-order valence-electron chi connectivity index (χ2n) is 6.93. The molecular formula is C24H19ClN2O3S. The van der Waals surface area contributed by atoms with Gasteiger partial charge in [0.2, 0.25) is 0 Å². The van der Waals surface area contributed by atoms with E-state index in [0.29, 0.717) is 25.6 Å². The molecule has 4 rings (SSSR count). The van der Waals surface area contributed by atoms with Gasteiger partial charge in [-0.25, -0.2) is 9.79 Å². The summed E-state index contributed by atoms with van der Waals surface area (Å²) in [5, 5.41) is 0.590. The van der Waals surface area contributed by atoms with Crippen molar-refractivity contribution < 1.29 is 9.53 Å². The molecule has 0 saturated carbocycles. The zero-order chi connectivity index (χ0) is 22.0. The summed E-state index contributed by atoms with van der Waals surface area (Å²) in [6.45, 7) is 5.43. The molecule has 0 unspecified atom stereocenters. The highest BCUT2D eigenvalue weighted by atomic mass is 35.5. The van der Waals surface area contributed by atoms with E-state index in [0.717, 1.165) is 11.1 Å². The Balaban J connectivity index is 1.93. The van der Waals surface area contributed by atoms with Crippen molar-refractivity contribution in [3.63, 3.8) is 0 Å². The van der Waals surface area contributed by atoms with Crippen LogP contribution in [0.15, 0.2) is 88.3 Å². The maximum absolute atomic E-state index is 13.4. The number of hydrogen-bond acceptors (Lipinski definition) is 5. The van der Waals surface area contributed by atoms with Crippen molar-refractivity contribution in [2.24, 2.45) is 4.99 Å². The Bertz CT molecular complexity index is 1370. The Morgan fingerprint density at radius 3 is 2.74 bits per heavy atom. The molecule has 0 N–H and O–H groups in total. The molecule has 1 aliphatic heterocycles. The lowest BCUT2D eigenvalue weighted by molar-refractivity contribution is -0.138. The first-order valence-electron chi connectivity index (χ1n) is 9.60. The number of fused-ring (bicyclic) bond motifs is 1. The van der Waals surface area contributed by atoms with Gasteiger partial charge in [0, 0.05) is 5.02 Å². The zero-order valence-electron chi connectivity index (χ0n) is 16.7. The van der Waals surface area contributed by atoms with E-state index in [4.69, 9.17) is 16.3 Å². The second-order valence-corrected chi connectivity index (χ2v) is 8.38. The summed E-state index contributed by atoms with van der Waals surface area (Å²) >= 11 is 7.37. The van der Waals surface area contributed by atoms with E-state index in [1.807, 2.05) is 42.5 Å². The minimum Gasteiger partial charge on any atom is -0.458 e. The number of halogens is 1. The molecule has 1 aromatic heterocycles. The van der Waals surface area contributed by atoms with Crippen LogP contribution in [-0.2, 0) is 9.53 Å². The average molecular weight is 451 g/mol. The van der Waals surface area contributed by atoms with E-state index < -0.39 is 12.0 Å². The summed E-state index contributed by atoms with van der Waals surface area (Å²) in [5.74, 6) is -0.515. The first-order chi connectivity index (χ1) is 15.0. The molecule has 0 fully saturated rings. The van der Waals surface area contributed by atoms with Gasteiger partial charge >= 0.3 is 5.97 Å². The Labute approximate surface area is 187 Å². The minimum absolute atomic E-state index is 0.0797. The van der Waals surface area contributed by atoms with Crippen LogP contribution in [0.1, 0.15) is 24.1 Å². The minimum atomic E-state index is -0.628. The Morgan fingerprint density at radius 2 is 2.03 bits per heavy atom. The number of hydrogen-bond donors (Lipinski definition) is 0. The van der Waals surface area contributed by atoms with E-state index in [2.05, 4.69) is 11.6 Å². The second kappa shape index (κ2) is 8.88. The molecule has 0 bridgehead atoms. The molecule has 5 nitrogen and oxygen atoms in total. The van der Waals surface area contributed by atoms with Gasteiger partial charge < -0.3 is 4.74 Å². The summed E-state index contributed by atoms with van der Waals surface area (Å²) in [5.41, 5.74) is 2.26. The average Bonchev–Trinajstić information content (AvgIpc) is 3.06. The molecule has 1 atom stereocenters. The Hall–Kier alpha value is -3.22. The highest BCUT2D eigenvalue weighted by molar-refractivity contribution is 7.07. The predicted octanol–water partition coefficient (Wildman–Crippen LogP) is 3.62. The van der Waals surface area contributed by atoms with Crippen molar-refractivity contribution in [1.82, 2.24) is 4.57 Å². The van der Waals surface area contributed by atoms with Crippen molar-refractivity contribution in [3.8, 4) is 0 Å².